The lowest BCUT2D eigenvalue weighted by molar-refractivity contribution is -0.139. The van der Waals surface area contributed by atoms with Gasteiger partial charge in [-0.1, -0.05) is 0 Å². The van der Waals surface area contributed by atoms with Crippen molar-refractivity contribution in [3.05, 3.63) is 28.8 Å². The minimum absolute atomic E-state index is 0.0140. The summed E-state index contributed by atoms with van der Waals surface area (Å²) in [6.07, 6.45) is 0.306. The first-order valence-electron chi connectivity index (χ1n) is 7.28. The first kappa shape index (κ1) is 16.8. The molecule has 0 aliphatic carbocycles. The molecule has 0 aromatic heterocycles. The lowest BCUT2D eigenvalue weighted by atomic mass is 10.0. The number of ether oxygens (including phenoxy) is 1. The first-order chi connectivity index (χ1) is 10.8. The highest BCUT2D eigenvalue weighted by atomic mass is 16.5. The Morgan fingerprint density at radius 1 is 1.35 bits per heavy atom. The van der Waals surface area contributed by atoms with Crippen molar-refractivity contribution < 1.29 is 24.2 Å². The monoisotopic (exact) mass is 320 g/mol. The van der Waals surface area contributed by atoms with Crippen molar-refractivity contribution in [2.75, 3.05) is 20.2 Å². The van der Waals surface area contributed by atoms with Crippen molar-refractivity contribution >= 4 is 17.8 Å². The van der Waals surface area contributed by atoms with Gasteiger partial charge in [0.1, 0.15) is 5.75 Å². The lowest BCUT2D eigenvalue weighted by Crippen LogP contribution is -2.36. The summed E-state index contributed by atoms with van der Waals surface area (Å²) in [5.74, 6) is -0.825. The van der Waals surface area contributed by atoms with Crippen molar-refractivity contribution in [1.29, 1.82) is 0 Å². The van der Waals surface area contributed by atoms with Gasteiger partial charge in [-0.15, -0.1) is 0 Å². The third-order valence-electron chi connectivity index (χ3n) is 3.74. The van der Waals surface area contributed by atoms with Crippen molar-refractivity contribution in [3.63, 3.8) is 0 Å². The average Bonchev–Trinajstić information content (AvgIpc) is 2.75. The number of amides is 2. The highest BCUT2D eigenvalue weighted by Gasteiger charge is 2.28. The zero-order chi connectivity index (χ0) is 17.1. The molecule has 1 fully saturated rings. The summed E-state index contributed by atoms with van der Waals surface area (Å²) in [7, 11) is 1.71. The Morgan fingerprint density at radius 2 is 1.96 bits per heavy atom. The molecule has 124 valence electrons. The highest BCUT2D eigenvalue weighted by Crippen LogP contribution is 2.25. The van der Waals surface area contributed by atoms with E-state index >= 15 is 0 Å². The molecular formula is C16H20N2O5. The quantitative estimate of drug-likeness (QED) is 0.834. The molecule has 0 radical (unpaired) electrons. The zero-order valence-corrected chi connectivity index (χ0v) is 13.4. The first-order valence-corrected chi connectivity index (χ1v) is 7.28. The van der Waals surface area contributed by atoms with Crippen LogP contribution in [0.25, 0.3) is 0 Å². The van der Waals surface area contributed by atoms with Crippen LogP contribution in [-0.4, -0.2) is 54.0 Å². The number of carboxylic acid groups (broad SMARTS) is 1. The van der Waals surface area contributed by atoms with Crippen molar-refractivity contribution in [1.82, 2.24) is 10.2 Å². The summed E-state index contributed by atoms with van der Waals surface area (Å²) in [6, 6.07) is 3.11. The molecule has 1 aromatic carbocycles. The van der Waals surface area contributed by atoms with E-state index in [9.17, 15) is 14.4 Å². The molecule has 0 bridgehead atoms. The number of aliphatic carboxylic acids is 1. The van der Waals surface area contributed by atoms with Crippen LogP contribution in [0.5, 0.6) is 5.75 Å². The minimum Gasteiger partial charge on any atom is -0.481 e. The van der Waals surface area contributed by atoms with Crippen LogP contribution >= 0.6 is 0 Å². The fourth-order valence-corrected chi connectivity index (χ4v) is 2.67. The third kappa shape index (κ3) is 4.00. The van der Waals surface area contributed by atoms with Crippen molar-refractivity contribution in [2.45, 2.75) is 26.3 Å². The SMILES string of the molecule is Cc1cc(C(=O)NC2CC(=O)N(C)C2)cc(C)c1OCC(=O)O. The second-order valence-electron chi connectivity index (χ2n) is 5.77. The number of nitrogens with one attached hydrogen (secondary N) is 1. The zero-order valence-electron chi connectivity index (χ0n) is 13.4. The molecule has 1 unspecified atom stereocenters. The van der Waals surface area contributed by atoms with Gasteiger partial charge < -0.3 is 20.1 Å². The maximum absolute atomic E-state index is 12.3. The van der Waals surface area contributed by atoms with Crippen LogP contribution in [0.4, 0.5) is 0 Å². The van der Waals surface area contributed by atoms with Gasteiger partial charge in [0.15, 0.2) is 6.61 Å². The maximum atomic E-state index is 12.3. The van der Waals surface area contributed by atoms with E-state index in [1.807, 2.05) is 0 Å². The van der Waals surface area contributed by atoms with Crippen molar-refractivity contribution in [2.24, 2.45) is 0 Å². The van der Waals surface area contributed by atoms with Gasteiger partial charge in [0.25, 0.3) is 5.91 Å². The van der Waals surface area contributed by atoms with Gasteiger partial charge in [-0.05, 0) is 37.1 Å². The molecule has 23 heavy (non-hydrogen) atoms. The van der Waals surface area contributed by atoms with Crippen LogP contribution in [0.3, 0.4) is 0 Å². The number of carboxylic acids is 1. The summed E-state index contributed by atoms with van der Waals surface area (Å²) in [6.45, 7) is 3.59. The molecule has 2 rings (SSSR count). The second-order valence-corrected chi connectivity index (χ2v) is 5.77. The molecule has 0 spiro atoms. The van der Waals surface area contributed by atoms with Gasteiger partial charge in [-0.2, -0.15) is 0 Å². The number of likely N-dealkylation sites (N-methyl/N-ethyl adjacent to an activating group) is 1. The summed E-state index contributed by atoms with van der Waals surface area (Å²) < 4.78 is 5.24. The normalized spacial score (nSPS) is 17.3. The van der Waals surface area contributed by atoms with Gasteiger partial charge in [0, 0.05) is 25.6 Å². The van der Waals surface area contributed by atoms with E-state index in [0.717, 1.165) is 0 Å². The van der Waals surface area contributed by atoms with Gasteiger partial charge in [-0.3, -0.25) is 9.59 Å². The lowest BCUT2D eigenvalue weighted by Gasteiger charge is -2.15. The van der Waals surface area contributed by atoms with E-state index in [0.29, 0.717) is 35.4 Å². The molecule has 1 aliphatic rings. The number of rotatable bonds is 5. The Kier molecular flexibility index (Phi) is 4.88. The fraction of sp³-hybridized carbons (Fsp3) is 0.438. The second kappa shape index (κ2) is 6.68. The number of aryl methyl sites for hydroxylation is 2. The molecule has 1 aliphatic heterocycles. The van der Waals surface area contributed by atoms with Crippen LogP contribution < -0.4 is 10.1 Å². The molecule has 0 saturated carbocycles. The summed E-state index contributed by atoms with van der Waals surface area (Å²) in [5.41, 5.74) is 1.84. The summed E-state index contributed by atoms with van der Waals surface area (Å²) in [5, 5.41) is 11.5. The number of carbonyl (C=O) groups excluding carboxylic acids is 2. The molecule has 2 N–H and O–H groups in total. The molecule has 1 atom stereocenters. The molecule has 1 saturated heterocycles. The molecule has 2 amide bonds. The van der Waals surface area contributed by atoms with E-state index in [-0.39, 0.29) is 17.9 Å². The number of likely N-dealkylation sites (tertiary alicyclic amines) is 1. The number of nitrogens with zero attached hydrogens (tertiary/aromatic N) is 1. The molecule has 7 heteroatoms. The third-order valence-corrected chi connectivity index (χ3v) is 3.74. The Balaban J connectivity index is 2.09. The number of carbonyl (C=O) groups is 3. The molecule has 1 aromatic rings. The Morgan fingerprint density at radius 3 is 2.43 bits per heavy atom. The van der Waals surface area contributed by atoms with Crippen LogP contribution in [0.2, 0.25) is 0 Å². The van der Waals surface area contributed by atoms with Crippen LogP contribution in [0, 0.1) is 13.8 Å². The van der Waals surface area contributed by atoms with Crippen molar-refractivity contribution in [3.8, 4) is 5.75 Å². The molecule has 7 nitrogen and oxygen atoms in total. The average molecular weight is 320 g/mol. The Labute approximate surface area is 134 Å². The number of hydrogen-bond donors (Lipinski definition) is 2. The predicted molar refractivity (Wildman–Crippen MR) is 82.6 cm³/mol. The number of hydrogen-bond acceptors (Lipinski definition) is 4. The maximum Gasteiger partial charge on any atom is 0.341 e. The van der Waals surface area contributed by atoms with E-state index in [1.165, 1.54) is 0 Å². The van der Waals surface area contributed by atoms with Crippen LogP contribution in [0.15, 0.2) is 12.1 Å². The van der Waals surface area contributed by atoms with Gasteiger partial charge in [0.05, 0.1) is 6.04 Å². The van der Waals surface area contributed by atoms with Gasteiger partial charge in [-0.25, -0.2) is 4.79 Å². The van der Waals surface area contributed by atoms with E-state index in [2.05, 4.69) is 5.32 Å². The topological polar surface area (TPSA) is 95.9 Å². The smallest absolute Gasteiger partial charge is 0.341 e. The molecular weight excluding hydrogens is 300 g/mol. The highest BCUT2D eigenvalue weighted by molar-refractivity contribution is 5.95. The fourth-order valence-electron chi connectivity index (χ4n) is 2.67. The van der Waals surface area contributed by atoms with Gasteiger partial charge >= 0.3 is 5.97 Å². The largest absolute Gasteiger partial charge is 0.481 e. The Hall–Kier alpha value is -2.57. The van der Waals surface area contributed by atoms with E-state index < -0.39 is 12.6 Å². The number of benzene rings is 1. The minimum atomic E-state index is -1.05. The van der Waals surface area contributed by atoms with Crippen LogP contribution in [-0.2, 0) is 9.59 Å². The standard InChI is InChI=1S/C16H20N2O5/c1-9-4-11(5-10(2)15(9)23-8-14(20)21)16(22)17-12-6-13(19)18(3)7-12/h4-5,12H,6-8H2,1-3H3,(H,17,22)(H,20,21). The predicted octanol–water partition coefficient (Wildman–Crippen LogP) is 0.727. The van der Waals surface area contributed by atoms with Crippen LogP contribution in [0.1, 0.15) is 27.9 Å². The Bertz CT molecular complexity index is 633. The summed E-state index contributed by atoms with van der Waals surface area (Å²) >= 11 is 0. The summed E-state index contributed by atoms with van der Waals surface area (Å²) in [4.78, 5) is 36.0. The van der Waals surface area contributed by atoms with E-state index in [4.69, 9.17) is 9.84 Å². The van der Waals surface area contributed by atoms with E-state index in [1.54, 1.807) is 37.9 Å². The molecule has 1 heterocycles. The van der Waals surface area contributed by atoms with Gasteiger partial charge in [0.2, 0.25) is 5.91 Å².